The maximum atomic E-state index is 13.5. The number of halogens is 2. The van der Waals surface area contributed by atoms with Crippen molar-refractivity contribution in [1.82, 2.24) is 5.32 Å². The third-order valence-electron chi connectivity index (χ3n) is 3.50. The zero-order chi connectivity index (χ0) is 14.7. The molecule has 1 fully saturated rings. The summed E-state index contributed by atoms with van der Waals surface area (Å²) in [7, 11) is 0. The van der Waals surface area contributed by atoms with Crippen molar-refractivity contribution >= 4 is 11.7 Å². The van der Waals surface area contributed by atoms with Gasteiger partial charge in [0.15, 0.2) is 0 Å². The van der Waals surface area contributed by atoms with Gasteiger partial charge in [0.2, 0.25) is 0 Å². The lowest BCUT2D eigenvalue weighted by Gasteiger charge is -2.19. The summed E-state index contributed by atoms with van der Waals surface area (Å²) in [6, 6.07) is 2.45. The molecule has 7 heteroatoms. The number of oxime groups is 1. The van der Waals surface area contributed by atoms with Crippen molar-refractivity contribution in [2.75, 3.05) is 0 Å². The van der Waals surface area contributed by atoms with E-state index in [2.05, 4.69) is 10.5 Å². The Bertz CT molecular complexity index is 548. The predicted octanol–water partition coefficient (Wildman–Crippen LogP) is 1.61. The summed E-state index contributed by atoms with van der Waals surface area (Å²) in [6.07, 6.45) is 2.17. The smallest absolute Gasteiger partial charge is 0.254 e. The summed E-state index contributed by atoms with van der Waals surface area (Å²) in [6.45, 7) is 0. The van der Waals surface area contributed by atoms with E-state index in [9.17, 15) is 13.6 Å². The van der Waals surface area contributed by atoms with Gasteiger partial charge in [-0.25, -0.2) is 8.78 Å². The molecule has 0 saturated heterocycles. The van der Waals surface area contributed by atoms with Crippen LogP contribution in [0.5, 0.6) is 0 Å². The minimum Gasteiger partial charge on any atom is -0.409 e. The molecule has 2 rings (SSSR count). The largest absolute Gasteiger partial charge is 0.409 e. The van der Waals surface area contributed by atoms with Crippen LogP contribution in [0.3, 0.4) is 0 Å². The normalized spacial score (nSPS) is 22.8. The van der Waals surface area contributed by atoms with Crippen LogP contribution in [0, 0.1) is 17.6 Å². The van der Waals surface area contributed by atoms with Crippen LogP contribution in [0.1, 0.15) is 29.6 Å². The molecule has 0 bridgehead atoms. The lowest BCUT2D eigenvalue weighted by Crippen LogP contribution is -2.42. The Kier molecular flexibility index (Phi) is 4.16. The van der Waals surface area contributed by atoms with Crippen LogP contribution in [0.2, 0.25) is 0 Å². The monoisotopic (exact) mass is 283 g/mol. The molecule has 1 aromatic rings. The second kappa shape index (κ2) is 5.85. The molecule has 4 N–H and O–H groups in total. The first-order valence-electron chi connectivity index (χ1n) is 6.26. The average molecular weight is 283 g/mol. The molecule has 2 unspecified atom stereocenters. The summed E-state index contributed by atoms with van der Waals surface area (Å²) in [5, 5.41) is 14.3. The highest BCUT2D eigenvalue weighted by Crippen LogP contribution is 2.26. The van der Waals surface area contributed by atoms with E-state index in [0.717, 1.165) is 18.6 Å². The zero-order valence-electron chi connectivity index (χ0n) is 10.6. The number of carbonyl (C=O) groups is 1. The number of rotatable bonds is 3. The lowest BCUT2D eigenvalue weighted by molar-refractivity contribution is 0.0929. The number of hydrogen-bond donors (Lipinski definition) is 3. The third kappa shape index (κ3) is 2.87. The van der Waals surface area contributed by atoms with Crippen molar-refractivity contribution < 1.29 is 18.8 Å². The van der Waals surface area contributed by atoms with Crippen molar-refractivity contribution in [2.45, 2.75) is 25.3 Å². The molecule has 0 aromatic heterocycles. The summed E-state index contributed by atoms with van der Waals surface area (Å²) in [5.41, 5.74) is 5.33. The van der Waals surface area contributed by atoms with Crippen LogP contribution in [-0.2, 0) is 0 Å². The quantitative estimate of drug-likeness (QED) is 0.341. The summed E-state index contributed by atoms with van der Waals surface area (Å²) in [4.78, 5) is 12.0. The SMILES string of the molecule is NC(=NO)C1CCCC1NC(=O)c1ccc(F)cc1F. The van der Waals surface area contributed by atoms with Crippen molar-refractivity contribution in [2.24, 2.45) is 16.8 Å². The molecule has 0 radical (unpaired) electrons. The van der Waals surface area contributed by atoms with Crippen LogP contribution >= 0.6 is 0 Å². The van der Waals surface area contributed by atoms with Crippen LogP contribution in [0.15, 0.2) is 23.4 Å². The molecule has 20 heavy (non-hydrogen) atoms. The molecule has 5 nitrogen and oxygen atoms in total. The summed E-state index contributed by atoms with van der Waals surface area (Å²) in [5.74, 6) is -2.51. The zero-order valence-corrected chi connectivity index (χ0v) is 10.6. The summed E-state index contributed by atoms with van der Waals surface area (Å²) >= 11 is 0. The maximum Gasteiger partial charge on any atom is 0.254 e. The van der Waals surface area contributed by atoms with E-state index in [4.69, 9.17) is 10.9 Å². The Hall–Kier alpha value is -2.18. The number of amides is 1. The molecule has 108 valence electrons. The fourth-order valence-electron chi connectivity index (χ4n) is 2.48. The number of nitrogens with two attached hydrogens (primary N) is 1. The molecule has 0 spiro atoms. The van der Waals surface area contributed by atoms with Gasteiger partial charge in [-0.3, -0.25) is 4.79 Å². The van der Waals surface area contributed by atoms with Gasteiger partial charge in [-0.05, 0) is 25.0 Å². The van der Waals surface area contributed by atoms with Crippen LogP contribution in [0.4, 0.5) is 8.78 Å². The first kappa shape index (κ1) is 14.2. The van der Waals surface area contributed by atoms with Crippen LogP contribution in [0.25, 0.3) is 0 Å². The number of nitrogens with one attached hydrogen (secondary N) is 1. The highest BCUT2D eigenvalue weighted by molar-refractivity contribution is 5.95. The third-order valence-corrected chi connectivity index (χ3v) is 3.50. The first-order valence-corrected chi connectivity index (χ1v) is 6.26. The van der Waals surface area contributed by atoms with E-state index in [1.807, 2.05) is 0 Å². The highest BCUT2D eigenvalue weighted by Gasteiger charge is 2.32. The van der Waals surface area contributed by atoms with Crippen molar-refractivity contribution in [3.8, 4) is 0 Å². The van der Waals surface area contributed by atoms with Gasteiger partial charge in [0.1, 0.15) is 17.5 Å². The fraction of sp³-hybridized carbons (Fsp3) is 0.385. The topological polar surface area (TPSA) is 87.7 Å². The summed E-state index contributed by atoms with van der Waals surface area (Å²) < 4.78 is 26.3. The number of hydrogen-bond acceptors (Lipinski definition) is 3. The number of nitrogens with zero attached hydrogens (tertiary/aromatic N) is 1. The van der Waals surface area contributed by atoms with Gasteiger partial charge in [-0.2, -0.15) is 0 Å². The molecule has 2 atom stereocenters. The van der Waals surface area contributed by atoms with E-state index in [1.165, 1.54) is 0 Å². The van der Waals surface area contributed by atoms with E-state index in [0.29, 0.717) is 18.9 Å². The van der Waals surface area contributed by atoms with Crippen molar-refractivity contribution in [1.29, 1.82) is 0 Å². The fourth-order valence-corrected chi connectivity index (χ4v) is 2.48. The Balaban J connectivity index is 2.11. The second-order valence-corrected chi connectivity index (χ2v) is 4.77. The van der Waals surface area contributed by atoms with Gasteiger partial charge in [0.05, 0.1) is 5.56 Å². The first-order chi connectivity index (χ1) is 9.52. The van der Waals surface area contributed by atoms with Crippen LogP contribution < -0.4 is 11.1 Å². The molecular formula is C13H15F2N3O2. The van der Waals surface area contributed by atoms with Gasteiger partial charge in [-0.15, -0.1) is 0 Å². The molecular weight excluding hydrogens is 268 g/mol. The molecule has 1 amide bonds. The number of carbonyl (C=O) groups excluding carboxylic acids is 1. The minimum absolute atomic E-state index is 0.0485. The standard InChI is InChI=1S/C13H15F2N3O2/c14-7-4-5-8(10(15)6-7)13(19)17-11-3-1-2-9(11)12(16)18-20/h4-6,9,11,20H,1-3H2,(H2,16,18)(H,17,19). The van der Waals surface area contributed by atoms with Gasteiger partial charge >= 0.3 is 0 Å². The molecule has 1 aliphatic carbocycles. The molecule has 0 aliphatic heterocycles. The average Bonchev–Trinajstić information content (AvgIpc) is 2.85. The Morgan fingerprint density at radius 1 is 1.40 bits per heavy atom. The van der Waals surface area contributed by atoms with Crippen molar-refractivity contribution in [3.63, 3.8) is 0 Å². The predicted molar refractivity (Wildman–Crippen MR) is 68.4 cm³/mol. The van der Waals surface area contributed by atoms with Crippen molar-refractivity contribution in [3.05, 3.63) is 35.4 Å². The van der Waals surface area contributed by atoms with E-state index in [-0.39, 0.29) is 23.4 Å². The molecule has 0 heterocycles. The second-order valence-electron chi connectivity index (χ2n) is 4.77. The van der Waals surface area contributed by atoms with E-state index in [1.54, 1.807) is 0 Å². The van der Waals surface area contributed by atoms with Crippen LogP contribution in [-0.4, -0.2) is 23.0 Å². The Morgan fingerprint density at radius 2 is 2.15 bits per heavy atom. The minimum atomic E-state index is -0.916. The maximum absolute atomic E-state index is 13.5. The van der Waals surface area contributed by atoms with Gasteiger partial charge in [-0.1, -0.05) is 11.6 Å². The van der Waals surface area contributed by atoms with Gasteiger partial charge < -0.3 is 16.3 Å². The molecule has 1 aromatic carbocycles. The van der Waals surface area contributed by atoms with Gasteiger partial charge in [0.25, 0.3) is 5.91 Å². The van der Waals surface area contributed by atoms with E-state index >= 15 is 0 Å². The number of benzene rings is 1. The molecule has 1 saturated carbocycles. The lowest BCUT2D eigenvalue weighted by atomic mass is 10.0. The number of amidine groups is 1. The molecule has 1 aliphatic rings. The Labute approximate surface area is 114 Å². The highest BCUT2D eigenvalue weighted by atomic mass is 19.1. The Morgan fingerprint density at radius 3 is 2.80 bits per heavy atom. The van der Waals surface area contributed by atoms with E-state index < -0.39 is 17.5 Å². The van der Waals surface area contributed by atoms with Gasteiger partial charge in [0, 0.05) is 18.0 Å².